The SMILES string of the molecule is COc1cc(NC2CC(C)CC(C)(C)C2)c(N)cc1OC(C)=O. The Hall–Kier alpha value is -1.91. The number of nitrogens with one attached hydrogen (secondary N) is 1. The molecule has 0 heterocycles. The summed E-state index contributed by atoms with van der Waals surface area (Å²) in [7, 11) is 1.55. The Morgan fingerprint density at radius 1 is 1.30 bits per heavy atom. The molecule has 2 unspecified atom stereocenters. The van der Waals surface area contributed by atoms with Crippen LogP contribution in [-0.4, -0.2) is 19.1 Å². The summed E-state index contributed by atoms with van der Waals surface area (Å²) in [5.74, 6) is 1.13. The van der Waals surface area contributed by atoms with E-state index in [4.69, 9.17) is 15.2 Å². The Labute approximate surface area is 138 Å². The number of ether oxygens (including phenoxy) is 2. The van der Waals surface area contributed by atoms with E-state index in [2.05, 4.69) is 26.1 Å². The van der Waals surface area contributed by atoms with Crippen molar-refractivity contribution in [2.75, 3.05) is 18.2 Å². The van der Waals surface area contributed by atoms with Gasteiger partial charge in [0.05, 0.1) is 18.5 Å². The van der Waals surface area contributed by atoms with E-state index in [0.717, 1.165) is 18.5 Å². The highest BCUT2D eigenvalue weighted by Crippen LogP contribution is 2.41. The molecular weight excluding hydrogens is 292 g/mol. The van der Waals surface area contributed by atoms with Crippen LogP contribution in [0.3, 0.4) is 0 Å². The summed E-state index contributed by atoms with van der Waals surface area (Å²) in [5, 5.41) is 3.54. The minimum Gasteiger partial charge on any atom is -0.493 e. The molecular formula is C18H28N2O3. The highest BCUT2D eigenvalue weighted by atomic mass is 16.6. The van der Waals surface area contributed by atoms with Gasteiger partial charge < -0.3 is 20.5 Å². The molecule has 0 aromatic heterocycles. The van der Waals surface area contributed by atoms with E-state index in [1.807, 2.05) is 0 Å². The molecule has 0 aliphatic heterocycles. The van der Waals surface area contributed by atoms with E-state index in [0.29, 0.717) is 34.6 Å². The van der Waals surface area contributed by atoms with Gasteiger partial charge in [-0.3, -0.25) is 4.79 Å². The molecule has 128 valence electrons. The zero-order valence-corrected chi connectivity index (χ0v) is 14.7. The Morgan fingerprint density at radius 2 is 2.00 bits per heavy atom. The minimum atomic E-state index is -0.397. The molecule has 1 aliphatic rings. The first kappa shape index (κ1) is 17.4. The summed E-state index contributed by atoms with van der Waals surface area (Å²) in [5.41, 5.74) is 7.84. The van der Waals surface area contributed by atoms with Crippen LogP contribution in [0.1, 0.15) is 47.0 Å². The van der Waals surface area contributed by atoms with Crippen molar-refractivity contribution in [1.82, 2.24) is 0 Å². The normalized spacial score (nSPS) is 23.2. The van der Waals surface area contributed by atoms with Crippen molar-refractivity contribution < 1.29 is 14.3 Å². The minimum absolute atomic E-state index is 0.325. The van der Waals surface area contributed by atoms with Crippen LogP contribution >= 0.6 is 0 Å². The molecule has 3 N–H and O–H groups in total. The highest BCUT2D eigenvalue weighted by molar-refractivity contribution is 5.76. The fourth-order valence-corrected chi connectivity index (χ4v) is 3.77. The fraction of sp³-hybridized carbons (Fsp3) is 0.611. The number of anilines is 2. The molecule has 0 radical (unpaired) electrons. The average molecular weight is 320 g/mol. The van der Waals surface area contributed by atoms with Gasteiger partial charge in [-0.25, -0.2) is 0 Å². The van der Waals surface area contributed by atoms with E-state index in [1.54, 1.807) is 19.2 Å². The summed E-state index contributed by atoms with van der Waals surface area (Å²) < 4.78 is 10.5. The van der Waals surface area contributed by atoms with Crippen molar-refractivity contribution in [2.45, 2.75) is 53.0 Å². The highest BCUT2D eigenvalue weighted by Gasteiger charge is 2.32. The van der Waals surface area contributed by atoms with Crippen LogP contribution in [0.15, 0.2) is 12.1 Å². The molecule has 1 aromatic rings. The lowest BCUT2D eigenvalue weighted by molar-refractivity contribution is -0.132. The average Bonchev–Trinajstić information content (AvgIpc) is 2.38. The number of nitrogen functional groups attached to an aromatic ring is 1. The smallest absolute Gasteiger partial charge is 0.308 e. The summed E-state index contributed by atoms with van der Waals surface area (Å²) in [6.07, 6.45) is 3.47. The first-order valence-corrected chi connectivity index (χ1v) is 8.12. The second kappa shape index (κ2) is 6.69. The van der Waals surface area contributed by atoms with E-state index in [1.165, 1.54) is 13.3 Å². The first-order valence-electron chi connectivity index (χ1n) is 8.12. The number of hydrogen-bond donors (Lipinski definition) is 2. The molecule has 5 nitrogen and oxygen atoms in total. The van der Waals surface area contributed by atoms with Crippen molar-refractivity contribution in [3.63, 3.8) is 0 Å². The number of hydrogen-bond acceptors (Lipinski definition) is 5. The van der Waals surface area contributed by atoms with Gasteiger partial charge in [0.15, 0.2) is 11.5 Å². The molecule has 1 aliphatic carbocycles. The third kappa shape index (κ3) is 4.53. The van der Waals surface area contributed by atoms with Crippen LogP contribution in [0.2, 0.25) is 0 Å². The van der Waals surface area contributed by atoms with E-state index in [-0.39, 0.29) is 0 Å². The van der Waals surface area contributed by atoms with Crippen molar-refractivity contribution >= 4 is 17.3 Å². The predicted octanol–water partition coefficient (Wildman–Crippen LogP) is 3.83. The van der Waals surface area contributed by atoms with Crippen LogP contribution < -0.4 is 20.5 Å². The molecule has 1 aromatic carbocycles. The molecule has 0 saturated heterocycles. The van der Waals surface area contributed by atoms with Gasteiger partial charge in [0.2, 0.25) is 0 Å². The van der Waals surface area contributed by atoms with Gasteiger partial charge in [-0.15, -0.1) is 0 Å². The standard InChI is InChI=1S/C18H28N2O3/c1-11-6-13(10-18(3,4)9-11)20-15-8-16(22-5)17(7-14(15)19)23-12(2)21/h7-8,11,13,20H,6,9-10,19H2,1-5H3. The van der Waals surface area contributed by atoms with Gasteiger partial charge in [0.1, 0.15) is 0 Å². The molecule has 23 heavy (non-hydrogen) atoms. The molecule has 2 atom stereocenters. The van der Waals surface area contributed by atoms with E-state index in [9.17, 15) is 4.79 Å². The second-order valence-corrected chi connectivity index (χ2v) is 7.44. The third-order valence-electron chi connectivity index (χ3n) is 4.34. The zero-order chi connectivity index (χ0) is 17.2. The van der Waals surface area contributed by atoms with Crippen LogP contribution in [0.4, 0.5) is 11.4 Å². The van der Waals surface area contributed by atoms with Crippen LogP contribution in [0, 0.1) is 11.3 Å². The number of rotatable bonds is 4. The number of benzene rings is 1. The predicted molar refractivity (Wildman–Crippen MR) is 92.9 cm³/mol. The summed E-state index contributed by atoms with van der Waals surface area (Å²) >= 11 is 0. The van der Waals surface area contributed by atoms with Crippen molar-refractivity contribution in [2.24, 2.45) is 11.3 Å². The Kier molecular flexibility index (Phi) is 5.07. The maximum Gasteiger partial charge on any atom is 0.308 e. The number of nitrogens with two attached hydrogens (primary N) is 1. The largest absolute Gasteiger partial charge is 0.493 e. The number of carbonyl (C=O) groups is 1. The lowest BCUT2D eigenvalue weighted by Gasteiger charge is -2.39. The quantitative estimate of drug-likeness (QED) is 0.501. The van der Waals surface area contributed by atoms with Gasteiger partial charge >= 0.3 is 5.97 Å². The summed E-state index contributed by atoms with van der Waals surface area (Å²) in [4.78, 5) is 11.2. The van der Waals surface area contributed by atoms with E-state index >= 15 is 0 Å². The summed E-state index contributed by atoms with van der Waals surface area (Å²) in [6, 6.07) is 3.82. The Bertz CT molecular complexity index is 584. The van der Waals surface area contributed by atoms with Crippen molar-refractivity contribution in [3.05, 3.63) is 12.1 Å². The zero-order valence-electron chi connectivity index (χ0n) is 14.7. The van der Waals surface area contributed by atoms with Gasteiger partial charge in [-0.05, 0) is 30.6 Å². The van der Waals surface area contributed by atoms with Gasteiger partial charge in [0.25, 0.3) is 0 Å². The van der Waals surface area contributed by atoms with Crippen molar-refractivity contribution in [1.29, 1.82) is 0 Å². The van der Waals surface area contributed by atoms with Crippen LogP contribution in [-0.2, 0) is 4.79 Å². The molecule has 1 saturated carbocycles. The Morgan fingerprint density at radius 3 is 2.57 bits per heavy atom. The lowest BCUT2D eigenvalue weighted by atomic mass is 9.70. The van der Waals surface area contributed by atoms with Crippen LogP contribution in [0.25, 0.3) is 0 Å². The lowest BCUT2D eigenvalue weighted by Crippen LogP contribution is -2.35. The number of carbonyl (C=O) groups excluding carboxylic acids is 1. The monoisotopic (exact) mass is 320 g/mol. The van der Waals surface area contributed by atoms with E-state index < -0.39 is 5.97 Å². The summed E-state index contributed by atoms with van der Waals surface area (Å²) in [6.45, 7) is 8.27. The molecule has 1 fully saturated rings. The van der Waals surface area contributed by atoms with Crippen LogP contribution in [0.5, 0.6) is 11.5 Å². The van der Waals surface area contributed by atoms with Gasteiger partial charge in [-0.2, -0.15) is 0 Å². The maximum absolute atomic E-state index is 11.2. The third-order valence-corrected chi connectivity index (χ3v) is 4.34. The molecule has 5 heteroatoms. The molecule has 0 bridgehead atoms. The first-order chi connectivity index (χ1) is 10.7. The molecule has 2 rings (SSSR count). The van der Waals surface area contributed by atoms with Gasteiger partial charge in [-0.1, -0.05) is 20.8 Å². The Balaban J connectivity index is 2.21. The molecule has 0 spiro atoms. The fourth-order valence-electron chi connectivity index (χ4n) is 3.77. The second-order valence-electron chi connectivity index (χ2n) is 7.44. The van der Waals surface area contributed by atoms with Crippen molar-refractivity contribution in [3.8, 4) is 11.5 Å². The maximum atomic E-state index is 11.2. The van der Waals surface area contributed by atoms with Gasteiger partial charge in [0, 0.05) is 25.1 Å². The molecule has 0 amide bonds. The topological polar surface area (TPSA) is 73.6 Å². The number of esters is 1. The number of methoxy groups -OCH3 is 1.